The van der Waals surface area contributed by atoms with Crippen molar-refractivity contribution < 1.29 is 9.18 Å². The second-order valence-corrected chi connectivity index (χ2v) is 3.57. The van der Waals surface area contributed by atoms with E-state index in [1.807, 2.05) is 6.92 Å². The summed E-state index contributed by atoms with van der Waals surface area (Å²) >= 11 is 5.73. The maximum Gasteiger partial charge on any atom is 0.240 e. The van der Waals surface area contributed by atoms with Crippen LogP contribution in [0.25, 0.3) is 0 Å². The average molecular weight is 194 g/mol. The Morgan fingerprint density at radius 1 is 1.83 bits per heavy atom. The summed E-state index contributed by atoms with van der Waals surface area (Å²) in [6, 6.07) is 0. The van der Waals surface area contributed by atoms with Crippen LogP contribution >= 0.6 is 11.6 Å². The SMILES string of the molecule is CC[C@@H](Cl)C(=O)N1CC[C@H](F)C1. The number of nitrogens with zero attached hydrogens (tertiary/aromatic N) is 1. The molecule has 2 nitrogen and oxygen atoms in total. The van der Waals surface area contributed by atoms with Gasteiger partial charge in [-0.25, -0.2) is 4.39 Å². The zero-order chi connectivity index (χ0) is 9.14. The summed E-state index contributed by atoms with van der Waals surface area (Å²) in [7, 11) is 0. The Morgan fingerprint density at radius 3 is 2.92 bits per heavy atom. The summed E-state index contributed by atoms with van der Waals surface area (Å²) in [4.78, 5) is 12.9. The van der Waals surface area contributed by atoms with E-state index in [0.29, 0.717) is 19.4 Å². The number of halogens is 2. The highest BCUT2D eigenvalue weighted by molar-refractivity contribution is 6.30. The van der Waals surface area contributed by atoms with E-state index >= 15 is 0 Å². The van der Waals surface area contributed by atoms with Crippen molar-refractivity contribution in [3.05, 3.63) is 0 Å². The standard InChI is InChI=1S/C8H13ClFNO/c1-2-7(9)8(12)11-4-3-6(10)5-11/h6-7H,2-5H2,1H3/t6-,7+/m0/s1. The maximum atomic E-state index is 12.7. The second kappa shape index (κ2) is 4.08. The van der Waals surface area contributed by atoms with Crippen molar-refractivity contribution in [2.75, 3.05) is 13.1 Å². The van der Waals surface area contributed by atoms with Crippen LogP contribution in [0.2, 0.25) is 0 Å². The molecule has 0 N–H and O–H groups in total. The Bertz CT molecular complexity index is 176. The van der Waals surface area contributed by atoms with Crippen LogP contribution < -0.4 is 0 Å². The number of carbonyl (C=O) groups is 1. The molecule has 0 bridgehead atoms. The van der Waals surface area contributed by atoms with E-state index in [4.69, 9.17) is 11.6 Å². The van der Waals surface area contributed by atoms with E-state index in [9.17, 15) is 9.18 Å². The average Bonchev–Trinajstić information content (AvgIpc) is 2.49. The molecule has 0 saturated carbocycles. The summed E-state index contributed by atoms with van der Waals surface area (Å²) in [5, 5.41) is -0.477. The number of likely N-dealkylation sites (tertiary alicyclic amines) is 1. The third kappa shape index (κ3) is 2.09. The lowest BCUT2D eigenvalue weighted by molar-refractivity contribution is -0.130. The molecule has 1 heterocycles. The van der Waals surface area contributed by atoms with Crippen molar-refractivity contribution in [3.8, 4) is 0 Å². The fourth-order valence-electron chi connectivity index (χ4n) is 1.29. The van der Waals surface area contributed by atoms with Gasteiger partial charge in [-0.05, 0) is 12.8 Å². The minimum Gasteiger partial charge on any atom is -0.338 e. The number of hydrogen-bond acceptors (Lipinski definition) is 1. The van der Waals surface area contributed by atoms with Crippen LogP contribution in [0.1, 0.15) is 19.8 Å². The molecular weight excluding hydrogens is 181 g/mol. The number of amides is 1. The first-order valence-corrected chi connectivity index (χ1v) is 4.65. The van der Waals surface area contributed by atoms with E-state index in [1.165, 1.54) is 4.90 Å². The van der Waals surface area contributed by atoms with Gasteiger partial charge in [0.15, 0.2) is 0 Å². The number of hydrogen-bond donors (Lipinski definition) is 0. The third-order valence-corrected chi connectivity index (χ3v) is 2.56. The quantitative estimate of drug-likeness (QED) is 0.610. The molecule has 1 aliphatic rings. The van der Waals surface area contributed by atoms with E-state index in [2.05, 4.69) is 0 Å². The van der Waals surface area contributed by atoms with Gasteiger partial charge in [0.05, 0.1) is 6.54 Å². The van der Waals surface area contributed by atoms with E-state index in [1.54, 1.807) is 0 Å². The van der Waals surface area contributed by atoms with Gasteiger partial charge in [-0.2, -0.15) is 0 Å². The summed E-state index contributed by atoms with van der Waals surface area (Å²) in [6.45, 7) is 2.59. The van der Waals surface area contributed by atoms with E-state index < -0.39 is 11.5 Å². The Balaban J connectivity index is 2.43. The van der Waals surface area contributed by atoms with Crippen molar-refractivity contribution in [1.29, 1.82) is 0 Å². The highest BCUT2D eigenvalue weighted by Gasteiger charge is 2.28. The topological polar surface area (TPSA) is 20.3 Å². The fraction of sp³-hybridized carbons (Fsp3) is 0.875. The Hall–Kier alpha value is -0.310. The molecule has 0 aromatic heterocycles. The van der Waals surface area contributed by atoms with Crippen LogP contribution in [0.4, 0.5) is 4.39 Å². The number of carbonyl (C=O) groups excluding carboxylic acids is 1. The van der Waals surface area contributed by atoms with Gasteiger partial charge < -0.3 is 4.90 Å². The van der Waals surface area contributed by atoms with Gasteiger partial charge in [0.2, 0.25) is 5.91 Å². The Kier molecular flexibility index (Phi) is 3.32. The molecule has 1 rings (SSSR count). The van der Waals surface area contributed by atoms with Crippen LogP contribution in [0.5, 0.6) is 0 Å². The molecule has 0 aromatic carbocycles. The van der Waals surface area contributed by atoms with E-state index in [0.717, 1.165) is 0 Å². The molecule has 12 heavy (non-hydrogen) atoms. The Labute approximate surface area is 76.7 Å². The predicted molar refractivity (Wildman–Crippen MR) is 46.0 cm³/mol. The van der Waals surface area contributed by atoms with Gasteiger partial charge in [-0.3, -0.25) is 4.79 Å². The highest BCUT2D eigenvalue weighted by atomic mass is 35.5. The van der Waals surface area contributed by atoms with Gasteiger partial charge in [0.1, 0.15) is 11.5 Å². The third-order valence-electron chi connectivity index (χ3n) is 2.07. The summed E-state index contributed by atoms with van der Waals surface area (Å²) in [5.41, 5.74) is 0. The molecule has 70 valence electrons. The highest BCUT2D eigenvalue weighted by Crippen LogP contribution is 2.16. The summed E-state index contributed by atoms with van der Waals surface area (Å²) in [5.74, 6) is -0.126. The Morgan fingerprint density at radius 2 is 2.50 bits per heavy atom. The zero-order valence-electron chi connectivity index (χ0n) is 7.09. The molecule has 2 atom stereocenters. The molecule has 0 spiro atoms. The van der Waals surface area contributed by atoms with Crippen LogP contribution in [-0.2, 0) is 4.79 Å². The van der Waals surface area contributed by atoms with Crippen molar-refractivity contribution in [1.82, 2.24) is 4.90 Å². The summed E-state index contributed by atoms with van der Waals surface area (Å²) < 4.78 is 12.7. The molecule has 1 saturated heterocycles. The van der Waals surface area contributed by atoms with Crippen LogP contribution in [0.3, 0.4) is 0 Å². The molecule has 1 amide bonds. The number of alkyl halides is 2. The van der Waals surface area contributed by atoms with Crippen LogP contribution in [0, 0.1) is 0 Å². The first kappa shape index (κ1) is 9.78. The molecular formula is C8H13ClFNO. The van der Waals surface area contributed by atoms with Crippen molar-refractivity contribution in [2.24, 2.45) is 0 Å². The molecule has 0 unspecified atom stereocenters. The van der Waals surface area contributed by atoms with Crippen molar-refractivity contribution in [3.63, 3.8) is 0 Å². The first-order valence-electron chi connectivity index (χ1n) is 4.22. The van der Waals surface area contributed by atoms with Gasteiger partial charge >= 0.3 is 0 Å². The van der Waals surface area contributed by atoms with E-state index in [-0.39, 0.29) is 12.5 Å². The predicted octanol–water partition coefficient (Wildman–Crippen LogP) is 1.57. The number of rotatable bonds is 2. The minimum atomic E-state index is -0.852. The first-order chi connectivity index (χ1) is 5.65. The van der Waals surface area contributed by atoms with Crippen molar-refractivity contribution >= 4 is 17.5 Å². The molecule has 1 aliphatic heterocycles. The maximum absolute atomic E-state index is 12.7. The van der Waals surface area contributed by atoms with Gasteiger partial charge in [-0.15, -0.1) is 11.6 Å². The minimum absolute atomic E-state index is 0.126. The molecule has 0 aromatic rings. The second-order valence-electron chi connectivity index (χ2n) is 3.05. The lowest BCUT2D eigenvalue weighted by Gasteiger charge is -2.17. The van der Waals surface area contributed by atoms with Crippen molar-refractivity contribution in [2.45, 2.75) is 31.3 Å². The van der Waals surface area contributed by atoms with Gasteiger partial charge in [0, 0.05) is 6.54 Å². The smallest absolute Gasteiger partial charge is 0.240 e. The monoisotopic (exact) mass is 193 g/mol. The zero-order valence-corrected chi connectivity index (χ0v) is 7.85. The van der Waals surface area contributed by atoms with Crippen LogP contribution in [0.15, 0.2) is 0 Å². The lowest BCUT2D eigenvalue weighted by atomic mass is 10.3. The summed E-state index contributed by atoms with van der Waals surface area (Å²) in [6.07, 6.45) is 0.210. The fourth-order valence-corrected chi connectivity index (χ4v) is 1.43. The molecule has 4 heteroatoms. The molecule has 1 fully saturated rings. The largest absolute Gasteiger partial charge is 0.338 e. The van der Waals surface area contributed by atoms with Gasteiger partial charge in [-0.1, -0.05) is 6.92 Å². The van der Waals surface area contributed by atoms with Gasteiger partial charge in [0.25, 0.3) is 0 Å². The normalized spacial score (nSPS) is 25.9. The molecule has 0 aliphatic carbocycles. The lowest BCUT2D eigenvalue weighted by Crippen LogP contribution is -2.34. The molecule has 0 radical (unpaired) electrons. The van der Waals surface area contributed by atoms with Crippen LogP contribution in [-0.4, -0.2) is 35.4 Å².